The van der Waals surface area contributed by atoms with Crippen LogP contribution in [0.2, 0.25) is 0 Å². The fraction of sp³-hybridized carbons (Fsp3) is 0.346. The zero-order valence-corrected chi connectivity index (χ0v) is 19.2. The maximum atomic E-state index is 13.5. The number of para-hydroxylation sites is 1. The summed E-state index contributed by atoms with van der Waals surface area (Å²) >= 11 is 0. The molecule has 1 aliphatic heterocycles. The van der Waals surface area contributed by atoms with Gasteiger partial charge in [-0.15, -0.1) is 10.2 Å². The number of carbonyl (C=O) groups is 1. The van der Waals surface area contributed by atoms with Crippen molar-refractivity contribution in [2.75, 3.05) is 0 Å². The molecule has 1 saturated carbocycles. The smallest absolute Gasteiger partial charge is 0.256 e. The number of benzene rings is 2. The molecular weight excluding hydrogens is 426 g/mol. The summed E-state index contributed by atoms with van der Waals surface area (Å²) in [5.41, 5.74) is 3.57. The molecule has 172 valence electrons. The number of rotatable bonds is 6. The maximum absolute atomic E-state index is 13.5. The lowest BCUT2D eigenvalue weighted by Crippen LogP contribution is -2.40. The molecule has 0 atom stereocenters. The van der Waals surface area contributed by atoms with Crippen molar-refractivity contribution < 1.29 is 4.79 Å². The summed E-state index contributed by atoms with van der Waals surface area (Å²) in [5.74, 6) is 1.69. The second-order valence-electron chi connectivity index (χ2n) is 9.20. The van der Waals surface area contributed by atoms with Gasteiger partial charge in [0, 0.05) is 23.6 Å². The molecule has 0 unspecified atom stereocenters. The number of fused-ring (bicyclic) bond motifs is 1. The van der Waals surface area contributed by atoms with Crippen LogP contribution in [0.4, 0.5) is 0 Å². The molecule has 0 radical (unpaired) electrons. The first-order valence-electron chi connectivity index (χ1n) is 12.0. The molecule has 1 fully saturated rings. The number of aromatic amines is 1. The van der Waals surface area contributed by atoms with Gasteiger partial charge >= 0.3 is 0 Å². The van der Waals surface area contributed by atoms with Crippen LogP contribution in [0, 0.1) is 0 Å². The van der Waals surface area contributed by atoms with Crippen LogP contribution in [0.3, 0.4) is 0 Å². The lowest BCUT2D eigenvalue weighted by molar-refractivity contribution is -0.131. The van der Waals surface area contributed by atoms with E-state index in [1.807, 2.05) is 23.1 Å². The number of hydrogen-bond donors (Lipinski definition) is 1. The van der Waals surface area contributed by atoms with Gasteiger partial charge in [-0.25, -0.2) is 0 Å². The minimum absolute atomic E-state index is 0.187. The molecule has 2 aliphatic rings. The van der Waals surface area contributed by atoms with Crippen molar-refractivity contribution in [1.82, 2.24) is 30.1 Å². The second kappa shape index (κ2) is 8.20. The Hall–Kier alpha value is -3.81. The number of nitrogens with one attached hydrogen (secondary N) is 1. The summed E-state index contributed by atoms with van der Waals surface area (Å²) in [5, 5.41) is 15.7. The molecule has 8 heteroatoms. The molecule has 1 spiro atoms. The van der Waals surface area contributed by atoms with E-state index < -0.39 is 5.54 Å². The van der Waals surface area contributed by atoms with Crippen LogP contribution in [0.15, 0.2) is 59.7 Å². The summed E-state index contributed by atoms with van der Waals surface area (Å²) in [6, 6.07) is 16.4. The van der Waals surface area contributed by atoms with E-state index in [1.165, 1.54) is 0 Å². The van der Waals surface area contributed by atoms with Gasteiger partial charge in [0.1, 0.15) is 11.4 Å². The molecule has 0 saturated heterocycles. The van der Waals surface area contributed by atoms with Gasteiger partial charge in [0.15, 0.2) is 0 Å². The van der Waals surface area contributed by atoms with Crippen molar-refractivity contribution in [2.45, 2.75) is 57.5 Å². The number of tetrazole rings is 1. The lowest BCUT2D eigenvalue weighted by Gasteiger charge is -2.23. The van der Waals surface area contributed by atoms with Gasteiger partial charge in [0.05, 0.1) is 17.7 Å². The first-order chi connectivity index (χ1) is 16.7. The second-order valence-corrected chi connectivity index (χ2v) is 9.20. The third-order valence-electron chi connectivity index (χ3n) is 7.10. The molecule has 0 bridgehead atoms. The van der Waals surface area contributed by atoms with Gasteiger partial charge in [-0.05, 0) is 54.3 Å². The monoisotopic (exact) mass is 453 g/mol. The van der Waals surface area contributed by atoms with Crippen molar-refractivity contribution in [3.05, 3.63) is 60.3 Å². The van der Waals surface area contributed by atoms with Gasteiger partial charge in [-0.2, -0.15) is 5.21 Å². The number of amidine groups is 1. The Kier molecular flexibility index (Phi) is 5.01. The van der Waals surface area contributed by atoms with Crippen LogP contribution in [0.25, 0.3) is 28.0 Å². The van der Waals surface area contributed by atoms with E-state index >= 15 is 0 Å². The van der Waals surface area contributed by atoms with Gasteiger partial charge in [0.2, 0.25) is 5.82 Å². The number of carbonyl (C=O) groups excluding carboxylic acids is 1. The Morgan fingerprint density at radius 2 is 1.91 bits per heavy atom. The van der Waals surface area contributed by atoms with Crippen LogP contribution in [-0.2, 0) is 11.3 Å². The van der Waals surface area contributed by atoms with Crippen molar-refractivity contribution in [3.8, 4) is 17.1 Å². The molecule has 8 nitrogen and oxygen atoms in total. The highest BCUT2D eigenvalue weighted by Gasteiger charge is 2.49. The minimum Gasteiger partial charge on any atom is -0.316 e. The van der Waals surface area contributed by atoms with Crippen LogP contribution >= 0.6 is 0 Å². The van der Waals surface area contributed by atoms with E-state index in [9.17, 15) is 4.79 Å². The number of amides is 1. The number of H-pyrrole nitrogens is 1. The highest BCUT2D eigenvalue weighted by atomic mass is 16.2. The van der Waals surface area contributed by atoms with Crippen LogP contribution < -0.4 is 0 Å². The molecular formula is C26H27N7O. The highest BCUT2D eigenvalue weighted by Crippen LogP contribution is 2.40. The van der Waals surface area contributed by atoms with Gasteiger partial charge in [0.25, 0.3) is 5.91 Å². The Morgan fingerprint density at radius 3 is 2.71 bits per heavy atom. The van der Waals surface area contributed by atoms with Crippen molar-refractivity contribution >= 4 is 22.6 Å². The molecule has 4 aromatic rings. The van der Waals surface area contributed by atoms with E-state index in [1.54, 1.807) is 0 Å². The number of aromatic nitrogens is 5. The van der Waals surface area contributed by atoms with Crippen LogP contribution in [0.1, 0.15) is 51.0 Å². The van der Waals surface area contributed by atoms with Crippen LogP contribution in [0.5, 0.6) is 0 Å². The highest BCUT2D eigenvalue weighted by molar-refractivity contribution is 6.08. The Bertz CT molecular complexity index is 1380. The molecule has 34 heavy (non-hydrogen) atoms. The fourth-order valence-corrected chi connectivity index (χ4v) is 5.49. The van der Waals surface area contributed by atoms with Gasteiger partial charge in [-0.3, -0.25) is 14.7 Å². The topological polar surface area (TPSA) is 92.1 Å². The molecule has 2 aromatic heterocycles. The summed E-state index contributed by atoms with van der Waals surface area (Å²) < 4.78 is 2.15. The summed E-state index contributed by atoms with van der Waals surface area (Å²) in [6.45, 7) is 2.69. The largest absolute Gasteiger partial charge is 0.316 e. The van der Waals surface area contributed by atoms with Crippen molar-refractivity contribution in [1.29, 1.82) is 0 Å². The SMILES string of the molecule is CCCC1=NC2(CCCC2)C(=O)N1Cc1cccc2c1ccn2-c1ccccc1-c1nn[nH]n1. The van der Waals surface area contributed by atoms with Gasteiger partial charge in [-0.1, -0.05) is 44.0 Å². The molecule has 2 aromatic carbocycles. The summed E-state index contributed by atoms with van der Waals surface area (Å²) in [4.78, 5) is 20.5. The minimum atomic E-state index is -0.506. The van der Waals surface area contributed by atoms with Gasteiger partial charge < -0.3 is 4.57 Å². The van der Waals surface area contributed by atoms with E-state index in [-0.39, 0.29) is 5.91 Å². The fourth-order valence-electron chi connectivity index (χ4n) is 5.49. The molecule has 6 rings (SSSR count). The third-order valence-corrected chi connectivity index (χ3v) is 7.10. The Balaban J connectivity index is 1.39. The zero-order valence-electron chi connectivity index (χ0n) is 19.2. The molecule has 1 amide bonds. The Labute approximate surface area is 197 Å². The Morgan fingerprint density at radius 1 is 1.06 bits per heavy atom. The predicted octanol–water partition coefficient (Wildman–Crippen LogP) is 4.66. The van der Waals surface area contributed by atoms with E-state index in [4.69, 9.17) is 4.99 Å². The average Bonchev–Trinajstić information content (AvgIpc) is 3.66. The first-order valence-corrected chi connectivity index (χ1v) is 12.0. The summed E-state index contributed by atoms with van der Waals surface area (Å²) in [6.07, 6.45) is 7.81. The van der Waals surface area contributed by atoms with Crippen LogP contribution in [-0.4, -0.2) is 47.4 Å². The molecule has 1 aliphatic carbocycles. The van der Waals surface area contributed by atoms with E-state index in [0.717, 1.165) is 72.1 Å². The number of hydrogen-bond acceptors (Lipinski definition) is 5. The van der Waals surface area contributed by atoms with E-state index in [2.05, 4.69) is 68.6 Å². The van der Waals surface area contributed by atoms with E-state index in [0.29, 0.717) is 12.4 Å². The summed E-state index contributed by atoms with van der Waals surface area (Å²) in [7, 11) is 0. The number of nitrogens with zero attached hydrogens (tertiary/aromatic N) is 6. The lowest BCUT2D eigenvalue weighted by atomic mass is 9.98. The molecule has 3 heterocycles. The van der Waals surface area contributed by atoms with Crippen molar-refractivity contribution in [3.63, 3.8) is 0 Å². The number of aliphatic imine (C=N–C) groups is 1. The zero-order chi connectivity index (χ0) is 23.1. The quantitative estimate of drug-likeness (QED) is 0.459. The van der Waals surface area contributed by atoms with Crippen molar-refractivity contribution in [2.24, 2.45) is 4.99 Å². The normalized spacial score (nSPS) is 17.3. The maximum Gasteiger partial charge on any atom is 0.256 e. The average molecular weight is 454 g/mol. The first kappa shape index (κ1) is 20.8. The predicted molar refractivity (Wildman–Crippen MR) is 131 cm³/mol. The standard InChI is InChI=1S/C26H27N7O/c1-2-8-23-27-26(14-5-6-15-26)25(34)33(23)17-18-9-7-12-21-19(18)13-16-32(21)22-11-4-3-10-20(22)24-28-30-31-29-24/h3-4,7,9-13,16H,2,5-6,8,14-15,17H2,1H3,(H,28,29,30,31). The third kappa shape index (κ3) is 3.24. The molecule has 1 N–H and O–H groups in total.